The minimum atomic E-state index is -3.59. The third-order valence-corrected chi connectivity index (χ3v) is 6.11. The van der Waals surface area contributed by atoms with E-state index in [2.05, 4.69) is 5.32 Å². The normalized spacial score (nSPS) is 11.6. The molecule has 0 radical (unpaired) electrons. The van der Waals surface area contributed by atoms with Gasteiger partial charge in [0, 0.05) is 25.2 Å². The lowest BCUT2D eigenvalue weighted by atomic mass is 10.2. The molecular weight excluding hydrogens is 384 g/mol. The molecule has 8 nitrogen and oxygen atoms in total. The monoisotopic (exact) mass is 408 g/mol. The maximum atomic E-state index is 12.4. The summed E-state index contributed by atoms with van der Waals surface area (Å²) in [4.78, 5) is 23.7. The van der Waals surface area contributed by atoms with Gasteiger partial charge in [-0.1, -0.05) is 0 Å². The van der Waals surface area contributed by atoms with Gasteiger partial charge in [-0.05, 0) is 50.2 Å². The van der Waals surface area contributed by atoms with Crippen LogP contribution in [0, 0.1) is 0 Å². The summed E-state index contributed by atoms with van der Waals surface area (Å²) in [6.45, 7) is 3.14. The predicted octanol–water partition coefficient (Wildman–Crippen LogP) is 2.42. The first kappa shape index (κ1) is 21.6. The second kappa shape index (κ2) is 9.52. The van der Waals surface area contributed by atoms with E-state index in [4.69, 9.17) is 9.15 Å². The van der Waals surface area contributed by atoms with E-state index >= 15 is 0 Å². The second-order valence-electron chi connectivity index (χ2n) is 6.43. The quantitative estimate of drug-likeness (QED) is 0.639. The number of hydrogen-bond acceptors (Lipinski definition) is 6. The predicted molar refractivity (Wildman–Crippen MR) is 103 cm³/mol. The van der Waals surface area contributed by atoms with Crippen LogP contribution in [0.1, 0.15) is 26.0 Å². The van der Waals surface area contributed by atoms with Gasteiger partial charge in [0.15, 0.2) is 6.61 Å². The zero-order chi connectivity index (χ0) is 20.7. The third-order valence-electron chi connectivity index (χ3n) is 4.06. The SMILES string of the molecule is CC(C)N(C)S(=O)(=O)c1ccc(NC(=O)COC(=O)CCc2ccco2)cc1. The van der Waals surface area contributed by atoms with Gasteiger partial charge in [-0.15, -0.1) is 0 Å². The zero-order valence-electron chi connectivity index (χ0n) is 16.0. The molecule has 0 atom stereocenters. The minimum Gasteiger partial charge on any atom is -0.469 e. The standard InChI is InChI=1S/C19H24N2O6S/c1-14(2)21(3)28(24,25)17-9-6-15(7-10-17)20-18(22)13-27-19(23)11-8-16-5-4-12-26-16/h4-7,9-10,12,14H,8,11,13H2,1-3H3,(H,20,22). The number of nitrogens with one attached hydrogen (secondary N) is 1. The molecule has 9 heteroatoms. The summed E-state index contributed by atoms with van der Waals surface area (Å²) >= 11 is 0. The van der Waals surface area contributed by atoms with Crippen molar-refractivity contribution < 1.29 is 27.2 Å². The number of amides is 1. The number of esters is 1. The van der Waals surface area contributed by atoms with Crippen LogP contribution in [-0.2, 0) is 30.8 Å². The van der Waals surface area contributed by atoms with Gasteiger partial charge in [0.05, 0.1) is 17.6 Å². The number of nitrogens with zero attached hydrogens (tertiary/aromatic N) is 1. The van der Waals surface area contributed by atoms with E-state index < -0.39 is 28.5 Å². The summed E-state index contributed by atoms with van der Waals surface area (Å²) in [5, 5.41) is 2.55. The van der Waals surface area contributed by atoms with E-state index in [1.54, 1.807) is 26.0 Å². The molecule has 2 rings (SSSR count). The number of ether oxygens (including phenoxy) is 1. The van der Waals surface area contributed by atoms with Crippen molar-refractivity contribution in [2.24, 2.45) is 0 Å². The van der Waals surface area contributed by atoms with Crippen LogP contribution in [0.3, 0.4) is 0 Å². The summed E-state index contributed by atoms with van der Waals surface area (Å²) in [6, 6.07) is 9.11. The number of anilines is 1. The Morgan fingerprint density at radius 1 is 1.18 bits per heavy atom. The summed E-state index contributed by atoms with van der Waals surface area (Å²) < 4.78 is 36.1. The largest absolute Gasteiger partial charge is 0.469 e. The second-order valence-corrected chi connectivity index (χ2v) is 8.43. The van der Waals surface area contributed by atoms with Gasteiger partial charge < -0.3 is 14.5 Å². The molecule has 1 amide bonds. The molecule has 2 aromatic rings. The Balaban J connectivity index is 1.83. The molecular formula is C19H24N2O6S. The Morgan fingerprint density at radius 2 is 1.86 bits per heavy atom. The Morgan fingerprint density at radius 3 is 2.43 bits per heavy atom. The average molecular weight is 408 g/mol. The summed E-state index contributed by atoms with van der Waals surface area (Å²) in [5.41, 5.74) is 0.405. The van der Waals surface area contributed by atoms with Gasteiger partial charge in [-0.2, -0.15) is 4.31 Å². The first-order chi connectivity index (χ1) is 13.2. The Kier molecular flexibility index (Phi) is 7.36. The van der Waals surface area contributed by atoms with Crippen molar-refractivity contribution in [3.05, 3.63) is 48.4 Å². The molecule has 1 aromatic heterocycles. The maximum Gasteiger partial charge on any atom is 0.306 e. The fraction of sp³-hybridized carbons (Fsp3) is 0.368. The highest BCUT2D eigenvalue weighted by Gasteiger charge is 2.22. The smallest absolute Gasteiger partial charge is 0.306 e. The van der Waals surface area contributed by atoms with Crippen molar-refractivity contribution in [1.29, 1.82) is 0 Å². The molecule has 0 aliphatic carbocycles. The van der Waals surface area contributed by atoms with E-state index in [1.807, 2.05) is 0 Å². The number of aryl methyl sites for hydroxylation is 1. The fourth-order valence-corrected chi connectivity index (χ4v) is 3.62. The molecule has 0 aliphatic heterocycles. The summed E-state index contributed by atoms with van der Waals surface area (Å²) in [5.74, 6) is -0.356. The molecule has 0 spiro atoms. The van der Waals surface area contributed by atoms with Gasteiger partial charge in [0.2, 0.25) is 10.0 Å². The molecule has 1 N–H and O–H groups in total. The molecule has 152 valence electrons. The highest BCUT2D eigenvalue weighted by molar-refractivity contribution is 7.89. The Bertz CT molecular complexity index is 889. The van der Waals surface area contributed by atoms with Gasteiger partial charge in [-0.3, -0.25) is 9.59 Å². The number of carbonyl (C=O) groups excluding carboxylic acids is 2. The highest BCUT2D eigenvalue weighted by atomic mass is 32.2. The summed E-state index contributed by atoms with van der Waals surface area (Å²) in [6.07, 6.45) is 2.02. The Hall–Kier alpha value is -2.65. The molecule has 1 heterocycles. The van der Waals surface area contributed by atoms with Gasteiger partial charge in [0.25, 0.3) is 5.91 Å². The first-order valence-corrected chi connectivity index (χ1v) is 10.2. The molecule has 28 heavy (non-hydrogen) atoms. The zero-order valence-corrected chi connectivity index (χ0v) is 16.9. The lowest BCUT2D eigenvalue weighted by Crippen LogP contribution is -2.33. The van der Waals surface area contributed by atoms with Crippen molar-refractivity contribution >= 4 is 27.6 Å². The van der Waals surface area contributed by atoms with Crippen molar-refractivity contribution in [1.82, 2.24) is 4.31 Å². The average Bonchev–Trinajstić information content (AvgIpc) is 3.18. The van der Waals surface area contributed by atoms with Crippen molar-refractivity contribution in [2.45, 2.75) is 37.6 Å². The van der Waals surface area contributed by atoms with Crippen LogP contribution in [0.4, 0.5) is 5.69 Å². The number of furan rings is 1. The molecule has 0 saturated carbocycles. The molecule has 1 aromatic carbocycles. The van der Waals surface area contributed by atoms with E-state index in [0.29, 0.717) is 17.9 Å². The van der Waals surface area contributed by atoms with Crippen LogP contribution in [0.15, 0.2) is 52.0 Å². The van der Waals surface area contributed by atoms with Crippen molar-refractivity contribution in [2.75, 3.05) is 19.0 Å². The fourth-order valence-electron chi connectivity index (χ4n) is 2.25. The lowest BCUT2D eigenvalue weighted by molar-refractivity contribution is -0.147. The van der Waals surface area contributed by atoms with Crippen molar-refractivity contribution in [3.63, 3.8) is 0 Å². The summed E-state index contributed by atoms with van der Waals surface area (Å²) in [7, 11) is -2.08. The van der Waals surface area contributed by atoms with E-state index in [-0.39, 0.29) is 17.4 Å². The van der Waals surface area contributed by atoms with Crippen LogP contribution in [0.5, 0.6) is 0 Å². The lowest BCUT2D eigenvalue weighted by Gasteiger charge is -2.21. The van der Waals surface area contributed by atoms with Crippen molar-refractivity contribution in [3.8, 4) is 0 Å². The topological polar surface area (TPSA) is 106 Å². The van der Waals surface area contributed by atoms with Crippen LogP contribution in [0.25, 0.3) is 0 Å². The van der Waals surface area contributed by atoms with Gasteiger partial charge in [0.1, 0.15) is 5.76 Å². The molecule has 0 saturated heterocycles. The number of rotatable bonds is 9. The number of hydrogen-bond donors (Lipinski definition) is 1. The van der Waals surface area contributed by atoms with E-state index in [1.165, 1.54) is 41.9 Å². The third kappa shape index (κ3) is 5.93. The van der Waals surface area contributed by atoms with Gasteiger partial charge >= 0.3 is 5.97 Å². The van der Waals surface area contributed by atoms with Crippen LogP contribution < -0.4 is 5.32 Å². The molecule has 0 bridgehead atoms. The number of carbonyl (C=O) groups is 2. The Labute approximate surface area is 164 Å². The van der Waals surface area contributed by atoms with E-state index in [9.17, 15) is 18.0 Å². The van der Waals surface area contributed by atoms with Gasteiger partial charge in [-0.25, -0.2) is 8.42 Å². The molecule has 0 fully saturated rings. The maximum absolute atomic E-state index is 12.4. The highest BCUT2D eigenvalue weighted by Crippen LogP contribution is 2.19. The molecule has 0 unspecified atom stereocenters. The van der Waals surface area contributed by atoms with Crippen LogP contribution in [-0.4, -0.2) is 44.3 Å². The minimum absolute atomic E-state index is 0.108. The van der Waals surface area contributed by atoms with Crippen LogP contribution >= 0.6 is 0 Å². The number of sulfonamides is 1. The first-order valence-electron chi connectivity index (χ1n) is 8.76. The number of benzene rings is 1. The molecule has 0 aliphatic rings. The van der Waals surface area contributed by atoms with Crippen LogP contribution in [0.2, 0.25) is 0 Å². The van der Waals surface area contributed by atoms with E-state index in [0.717, 1.165) is 0 Å².